The van der Waals surface area contributed by atoms with Crippen LogP contribution in [0.15, 0.2) is 12.1 Å². The zero-order valence-corrected chi connectivity index (χ0v) is 7.26. The van der Waals surface area contributed by atoms with Gasteiger partial charge in [0.1, 0.15) is 5.82 Å². The number of hydrogen-bond donors (Lipinski definition) is 1. The van der Waals surface area contributed by atoms with Crippen molar-refractivity contribution >= 4 is 5.82 Å². The van der Waals surface area contributed by atoms with Crippen molar-refractivity contribution in [3.8, 4) is 0 Å². The fourth-order valence-corrected chi connectivity index (χ4v) is 0.882. The van der Waals surface area contributed by atoms with Gasteiger partial charge in [-0.25, -0.2) is 4.98 Å². The number of anilines is 1. The fourth-order valence-electron chi connectivity index (χ4n) is 0.882. The number of nitrogen functional groups attached to an aromatic ring is 1. The molecular weight excluding hydrogens is 136 g/mol. The number of nitrogens with zero attached hydrogens (tertiary/aromatic N) is 1. The third kappa shape index (κ3) is 1.70. The molecule has 0 fully saturated rings. The van der Waals surface area contributed by atoms with E-state index < -0.39 is 0 Å². The maximum absolute atomic E-state index is 5.65. The highest BCUT2D eigenvalue weighted by molar-refractivity contribution is 5.39. The first-order chi connectivity index (χ1) is 5.11. The highest BCUT2D eigenvalue weighted by Gasteiger charge is 2.01. The van der Waals surface area contributed by atoms with Crippen LogP contribution in [0.2, 0.25) is 0 Å². The fraction of sp³-hybridized carbons (Fsp3) is 0.444. The summed E-state index contributed by atoms with van der Waals surface area (Å²) in [7, 11) is 0. The Kier molecular flexibility index (Phi) is 2.13. The first kappa shape index (κ1) is 8.05. The van der Waals surface area contributed by atoms with Crippen molar-refractivity contribution in [1.29, 1.82) is 0 Å². The van der Waals surface area contributed by atoms with Crippen molar-refractivity contribution in [2.75, 3.05) is 5.73 Å². The lowest BCUT2D eigenvalue weighted by Crippen LogP contribution is -1.99. The summed E-state index contributed by atoms with van der Waals surface area (Å²) in [5.41, 5.74) is 7.76. The molecule has 0 aliphatic rings. The minimum absolute atomic E-state index is 0.456. The van der Waals surface area contributed by atoms with E-state index in [0.29, 0.717) is 11.7 Å². The summed E-state index contributed by atoms with van der Waals surface area (Å²) in [6, 6.07) is 4.04. The van der Waals surface area contributed by atoms with Gasteiger partial charge >= 0.3 is 0 Å². The molecule has 1 rings (SSSR count). The molecule has 60 valence electrons. The van der Waals surface area contributed by atoms with Crippen LogP contribution in [0.1, 0.15) is 31.0 Å². The third-order valence-electron chi connectivity index (χ3n) is 1.75. The van der Waals surface area contributed by atoms with E-state index in [-0.39, 0.29) is 0 Å². The van der Waals surface area contributed by atoms with Gasteiger partial charge in [-0.1, -0.05) is 19.9 Å². The van der Waals surface area contributed by atoms with Crippen molar-refractivity contribution in [3.63, 3.8) is 0 Å². The largest absolute Gasteiger partial charge is 0.383 e. The quantitative estimate of drug-likeness (QED) is 0.665. The van der Waals surface area contributed by atoms with Crippen molar-refractivity contribution in [2.45, 2.75) is 26.7 Å². The van der Waals surface area contributed by atoms with Crippen molar-refractivity contribution in [2.24, 2.45) is 0 Å². The van der Waals surface area contributed by atoms with Crippen LogP contribution in [0.4, 0.5) is 5.82 Å². The highest BCUT2D eigenvalue weighted by atomic mass is 14.8. The Morgan fingerprint density at radius 1 is 1.36 bits per heavy atom. The van der Waals surface area contributed by atoms with Gasteiger partial charge in [-0.3, -0.25) is 0 Å². The zero-order valence-electron chi connectivity index (χ0n) is 7.26. The van der Waals surface area contributed by atoms with Crippen LogP contribution in [-0.4, -0.2) is 4.98 Å². The van der Waals surface area contributed by atoms with Gasteiger partial charge < -0.3 is 5.73 Å². The van der Waals surface area contributed by atoms with Crippen molar-refractivity contribution < 1.29 is 0 Å². The molecule has 0 bridgehead atoms. The third-order valence-corrected chi connectivity index (χ3v) is 1.75. The Hall–Kier alpha value is -1.05. The summed E-state index contributed by atoms with van der Waals surface area (Å²) < 4.78 is 0. The van der Waals surface area contributed by atoms with Gasteiger partial charge in [0.15, 0.2) is 0 Å². The average molecular weight is 150 g/mol. The van der Waals surface area contributed by atoms with Crippen LogP contribution in [0.3, 0.4) is 0 Å². The summed E-state index contributed by atoms with van der Waals surface area (Å²) in [5.74, 6) is 1.11. The Balaban J connectivity index is 3.05. The molecule has 1 aromatic heterocycles. The number of hydrogen-bond acceptors (Lipinski definition) is 2. The highest BCUT2D eigenvalue weighted by Crippen LogP contribution is 2.14. The number of nitrogens with two attached hydrogens (primary N) is 1. The first-order valence-electron chi connectivity index (χ1n) is 3.84. The summed E-state index contributed by atoms with van der Waals surface area (Å²) in [6.45, 7) is 6.18. The van der Waals surface area contributed by atoms with Crippen LogP contribution in [0.25, 0.3) is 0 Å². The normalized spacial score (nSPS) is 10.5. The van der Waals surface area contributed by atoms with E-state index in [1.807, 2.05) is 19.1 Å². The van der Waals surface area contributed by atoms with Crippen LogP contribution >= 0.6 is 0 Å². The zero-order chi connectivity index (χ0) is 8.43. The molecule has 0 saturated carbocycles. The van der Waals surface area contributed by atoms with E-state index >= 15 is 0 Å². The maximum atomic E-state index is 5.65. The molecule has 0 amide bonds. The lowest BCUT2D eigenvalue weighted by atomic mass is 10.1. The molecule has 0 saturated heterocycles. The molecule has 0 aliphatic heterocycles. The second kappa shape index (κ2) is 2.91. The average Bonchev–Trinajstić information content (AvgIpc) is 1.94. The van der Waals surface area contributed by atoms with Gasteiger partial charge in [-0.2, -0.15) is 0 Å². The Bertz CT molecular complexity index is 254. The molecule has 0 atom stereocenters. The summed E-state index contributed by atoms with van der Waals surface area (Å²) in [4.78, 5) is 4.25. The van der Waals surface area contributed by atoms with Crippen LogP contribution in [0.5, 0.6) is 0 Å². The van der Waals surface area contributed by atoms with Crippen molar-refractivity contribution in [3.05, 3.63) is 23.4 Å². The number of aryl methyl sites for hydroxylation is 1. The van der Waals surface area contributed by atoms with E-state index in [0.717, 1.165) is 11.3 Å². The van der Waals surface area contributed by atoms with E-state index in [1.54, 1.807) is 0 Å². The van der Waals surface area contributed by atoms with E-state index in [2.05, 4.69) is 18.8 Å². The van der Waals surface area contributed by atoms with Gasteiger partial charge in [-0.05, 0) is 24.5 Å². The Morgan fingerprint density at radius 2 is 2.00 bits per heavy atom. The SMILES string of the molecule is Cc1ccc(C(C)C)nc1N. The molecule has 2 nitrogen and oxygen atoms in total. The Labute approximate surface area is 67.5 Å². The van der Waals surface area contributed by atoms with Gasteiger partial charge in [0.25, 0.3) is 0 Å². The lowest BCUT2D eigenvalue weighted by Gasteiger charge is -2.05. The van der Waals surface area contributed by atoms with Crippen LogP contribution < -0.4 is 5.73 Å². The topological polar surface area (TPSA) is 38.9 Å². The second-order valence-corrected chi connectivity index (χ2v) is 3.09. The van der Waals surface area contributed by atoms with Crippen molar-refractivity contribution in [1.82, 2.24) is 4.98 Å². The predicted molar refractivity (Wildman–Crippen MR) is 47.5 cm³/mol. The minimum Gasteiger partial charge on any atom is -0.383 e. The molecule has 0 aromatic carbocycles. The van der Waals surface area contributed by atoms with E-state index in [4.69, 9.17) is 5.73 Å². The van der Waals surface area contributed by atoms with Gasteiger partial charge in [0.2, 0.25) is 0 Å². The number of aromatic nitrogens is 1. The maximum Gasteiger partial charge on any atom is 0.126 e. The summed E-state index contributed by atoms with van der Waals surface area (Å²) in [6.07, 6.45) is 0. The summed E-state index contributed by atoms with van der Waals surface area (Å²) >= 11 is 0. The monoisotopic (exact) mass is 150 g/mol. The van der Waals surface area contributed by atoms with Gasteiger partial charge in [0.05, 0.1) is 0 Å². The Morgan fingerprint density at radius 3 is 2.45 bits per heavy atom. The number of rotatable bonds is 1. The van der Waals surface area contributed by atoms with Gasteiger partial charge in [0, 0.05) is 5.69 Å². The van der Waals surface area contributed by atoms with E-state index in [9.17, 15) is 0 Å². The molecule has 2 heteroatoms. The van der Waals surface area contributed by atoms with Gasteiger partial charge in [-0.15, -0.1) is 0 Å². The molecule has 11 heavy (non-hydrogen) atoms. The van der Waals surface area contributed by atoms with Crippen LogP contribution in [-0.2, 0) is 0 Å². The molecule has 0 unspecified atom stereocenters. The van der Waals surface area contributed by atoms with E-state index in [1.165, 1.54) is 0 Å². The number of pyridine rings is 1. The molecule has 1 aromatic rings. The molecule has 2 N–H and O–H groups in total. The first-order valence-corrected chi connectivity index (χ1v) is 3.84. The summed E-state index contributed by atoms with van der Waals surface area (Å²) in [5, 5.41) is 0. The minimum atomic E-state index is 0.456. The molecule has 1 heterocycles. The standard InChI is InChI=1S/C9H14N2/c1-6(2)8-5-4-7(3)9(10)11-8/h4-6H,1-3H3,(H2,10,11). The molecule has 0 aliphatic carbocycles. The van der Waals surface area contributed by atoms with Crippen LogP contribution in [0, 0.1) is 6.92 Å². The predicted octanol–water partition coefficient (Wildman–Crippen LogP) is 2.10. The lowest BCUT2D eigenvalue weighted by molar-refractivity contribution is 0.824. The molecular formula is C9H14N2. The molecule has 0 spiro atoms. The smallest absolute Gasteiger partial charge is 0.126 e. The second-order valence-electron chi connectivity index (χ2n) is 3.09. The molecule has 0 radical (unpaired) electrons.